The Labute approximate surface area is 281 Å². The molecule has 1 saturated heterocycles. The minimum Gasteiger partial charge on any atom is -0.490 e. The number of hydrogen-bond donors (Lipinski definition) is 0. The first-order valence-electron chi connectivity index (χ1n) is 14.2. The third-order valence-electron chi connectivity index (χ3n) is 7.53. The number of piperazine rings is 1. The van der Waals surface area contributed by atoms with E-state index < -0.39 is 39.4 Å². The van der Waals surface area contributed by atoms with Crippen LogP contribution in [0.2, 0.25) is 5.02 Å². The summed E-state index contributed by atoms with van der Waals surface area (Å²) >= 11 is 24.3. The number of alkyl halides is 3. The van der Waals surface area contributed by atoms with Gasteiger partial charge < -0.3 is 23.8 Å². The summed E-state index contributed by atoms with van der Waals surface area (Å²) in [5.41, 5.74) is 0.125. The minimum atomic E-state index is -1.92. The number of ether oxygens (including phenoxy) is 4. The van der Waals surface area contributed by atoms with Gasteiger partial charge in [0.05, 0.1) is 29.3 Å². The van der Waals surface area contributed by atoms with Crippen molar-refractivity contribution in [3.05, 3.63) is 64.4 Å². The van der Waals surface area contributed by atoms with E-state index in [1.807, 2.05) is 0 Å². The van der Waals surface area contributed by atoms with Crippen molar-refractivity contribution in [1.29, 1.82) is 0 Å². The van der Waals surface area contributed by atoms with E-state index in [9.17, 15) is 18.8 Å². The van der Waals surface area contributed by atoms with Crippen LogP contribution in [0.1, 0.15) is 39.7 Å². The number of carbonyl (C=O) groups excluding carboxylic acids is 3. The maximum Gasteiger partial charge on any atom is 0.411 e. The minimum absolute atomic E-state index is 0.0449. The summed E-state index contributed by atoms with van der Waals surface area (Å²) in [6.07, 6.45) is -0.559. The van der Waals surface area contributed by atoms with Gasteiger partial charge in [0.1, 0.15) is 30.5 Å². The number of halogens is 5. The Morgan fingerprint density at radius 3 is 2.29 bits per heavy atom. The van der Waals surface area contributed by atoms with Crippen molar-refractivity contribution in [3.63, 3.8) is 0 Å². The fourth-order valence-electron chi connectivity index (χ4n) is 5.16. The molecule has 0 saturated carbocycles. The Bertz CT molecular complexity index is 1460. The fraction of sp³-hybridized carbons (Fsp3) is 0.452. The number of esters is 1. The molecule has 2 aromatic rings. The van der Waals surface area contributed by atoms with E-state index in [1.54, 1.807) is 36.1 Å². The first-order chi connectivity index (χ1) is 21.1. The van der Waals surface area contributed by atoms with Crippen molar-refractivity contribution < 1.29 is 37.7 Å². The van der Waals surface area contributed by atoms with Gasteiger partial charge >= 0.3 is 12.1 Å². The van der Waals surface area contributed by atoms with Crippen molar-refractivity contribution in [1.82, 2.24) is 9.80 Å². The van der Waals surface area contributed by atoms with Gasteiger partial charge in [-0.15, -0.1) is 0 Å². The summed E-state index contributed by atoms with van der Waals surface area (Å²) in [6.45, 7) is 6.70. The number of nitrogens with zero attached hydrogens (tertiary/aromatic N) is 2. The van der Waals surface area contributed by atoms with Crippen LogP contribution >= 0.6 is 46.4 Å². The molecule has 45 heavy (non-hydrogen) atoms. The zero-order chi connectivity index (χ0) is 33.1. The molecule has 2 unspecified atom stereocenters. The predicted octanol–water partition coefficient (Wildman–Crippen LogP) is 6.84. The van der Waals surface area contributed by atoms with Crippen molar-refractivity contribution in [2.45, 2.75) is 55.6 Å². The molecule has 0 aromatic heterocycles. The molecule has 0 radical (unpaired) electrons. The van der Waals surface area contributed by atoms with E-state index >= 15 is 0 Å². The predicted molar refractivity (Wildman–Crippen MR) is 170 cm³/mol. The van der Waals surface area contributed by atoms with Gasteiger partial charge in [-0.2, -0.15) is 0 Å². The van der Waals surface area contributed by atoms with E-state index in [0.29, 0.717) is 16.9 Å². The van der Waals surface area contributed by atoms with E-state index in [0.717, 1.165) is 0 Å². The van der Waals surface area contributed by atoms with Crippen LogP contribution in [0.3, 0.4) is 0 Å². The average Bonchev–Trinajstić information content (AvgIpc) is 2.95. The molecular weight excluding hydrogens is 673 g/mol. The standard InChI is InChI=1S/C31H33Cl4FN2O7/c1-5-42-28(40)27-23(19-6-9-22(10-7-19)43-12-13-44-26-14-20(36)8-11-24(26)32)15-21-16-37(18(2)39)17-25(27)38(21)29(41)45-30(3,4)31(33,34)35/h6-11,14,21,25H,5,12-13,15-17H2,1-4H3. The molecule has 0 spiro atoms. The SMILES string of the molecule is CCOC(=O)C1=C(c2ccc(OCCOc3cc(F)ccc3Cl)cc2)CC2CN(C(C)=O)CC1N2C(=O)OC(C)(C)C(Cl)(Cl)Cl. The van der Waals surface area contributed by atoms with Crippen molar-refractivity contribution in [2.75, 3.05) is 32.9 Å². The molecule has 2 aliphatic heterocycles. The van der Waals surface area contributed by atoms with Crippen molar-refractivity contribution in [2.24, 2.45) is 0 Å². The number of amides is 2. The lowest BCUT2D eigenvalue weighted by molar-refractivity contribution is -0.142. The fourth-order valence-corrected chi connectivity index (χ4v) is 5.45. The Balaban J connectivity index is 1.59. The van der Waals surface area contributed by atoms with Crippen LogP contribution in [-0.2, 0) is 19.1 Å². The molecule has 14 heteroatoms. The van der Waals surface area contributed by atoms with Gasteiger partial charge in [-0.05, 0) is 62.6 Å². The lowest BCUT2D eigenvalue weighted by Crippen LogP contribution is -2.65. The summed E-state index contributed by atoms with van der Waals surface area (Å²) in [6, 6.07) is 9.51. The zero-order valence-corrected chi connectivity index (χ0v) is 28.1. The molecule has 2 amide bonds. The van der Waals surface area contributed by atoms with Crippen molar-refractivity contribution >= 4 is 69.9 Å². The van der Waals surface area contributed by atoms with E-state index in [4.69, 9.17) is 65.4 Å². The second-order valence-electron chi connectivity index (χ2n) is 11.0. The van der Waals surface area contributed by atoms with Crippen LogP contribution < -0.4 is 9.47 Å². The number of carbonyl (C=O) groups is 3. The van der Waals surface area contributed by atoms with Gasteiger partial charge in [0.25, 0.3) is 0 Å². The van der Waals surface area contributed by atoms with Gasteiger partial charge in [-0.3, -0.25) is 9.69 Å². The quantitative estimate of drug-likeness (QED) is 0.160. The van der Waals surface area contributed by atoms with Crippen LogP contribution in [-0.4, -0.2) is 82.2 Å². The first kappa shape index (κ1) is 34.9. The summed E-state index contributed by atoms with van der Waals surface area (Å²) in [5.74, 6) is -0.530. The summed E-state index contributed by atoms with van der Waals surface area (Å²) < 4.78 is 33.9. The third-order valence-corrected chi connectivity index (χ3v) is 9.21. The Morgan fingerprint density at radius 2 is 1.67 bits per heavy atom. The summed E-state index contributed by atoms with van der Waals surface area (Å²) in [7, 11) is 0. The smallest absolute Gasteiger partial charge is 0.411 e. The topological polar surface area (TPSA) is 94.6 Å². The molecule has 2 atom stereocenters. The summed E-state index contributed by atoms with van der Waals surface area (Å²) in [5, 5.41) is 0.288. The highest BCUT2D eigenvalue weighted by atomic mass is 35.6. The number of benzene rings is 2. The van der Waals surface area contributed by atoms with Gasteiger partial charge in [-0.25, -0.2) is 14.0 Å². The third kappa shape index (κ3) is 8.09. The highest BCUT2D eigenvalue weighted by molar-refractivity contribution is 6.68. The van der Waals surface area contributed by atoms with Crippen molar-refractivity contribution in [3.8, 4) is 11.5 Å². The second-order valence-corrected chi connectivity index (χ2v) is 13.7. The van der Waals surface area contributed by atoms with E-state index in [1.165, 1.54) is 43.9 Å². The normalized spacial score (nSPS) is 18.4. The van der Waals surface area contributed by atoms with Gasteiger partial charge in [0, 0.05) is 26.1 Å². The van der Waals surface area contributed by atoms with E-state index in [-0.39, 0.29) is 61.6 Å². The van der Waals surface area contributed by atoms with Crippen LogP contribution in [0.15, 0.2) is 48.0 Å². The summed E-state index contributed by atoms with van der Waals surface area (Å²) in [4.78, 5) is 42.6. The molecule has 2 aromatic carbocycles. The van der Waals surface area contributed by atoms with Crippen LogP contribution in [0, 0.1) is 5.82 Å². The first-order valence-corrected chi connectivity index (χ1v) is 15.7. The Kier molecular flexibility index (Phi) is 11.1. The van der Waals surface area contributed by atoms with Gasteiger partial charge in [-0.1, -0.05) is 58.5 Å². The van der Waals surface area contributed by atoms with Gasteiger partial charge in [0.2, 0.25) is 9.70 Å². The largest absolute Gasteiger partial charge is 0.490 e. The maximum absolute atomic E-state index is 13.6. The van der Waals surface area contributed by atoms with E-state index in [2.05, 4.69) is 0 Å². The molecule has 9 nitrogen and oxygen atoms in total. The second kappa shape index (κ2) is 14.2. The molecule has 2 aliphatic rings. The average molecular weight is 706 g/mol. The van der Waals surface area contributed by atoms with Gasteiger partial charge in [0.15, 0.2) is 5.60 Å². The highest BCUT2D eigenvalue weighted by Crippen LogP contribution is 2.43. The number of fused-ring (bicyclic) bond motifs is 2. The maximum atomic E-state index is 13.6. The highest BCUT2D eigenvalue weighted by Gasteiger charge is 2.51. The Morgan fingerprint density at radius 1 is 1.00 bits per heavy atom. The molecule has 4 rings (SSSR count). The molecule has 1 fully saturated rings. The van der Waals surface area contributed by atoms with Crippen LogP contribution in [0.5, 0.6) is 11.5 Å². The lowest BCUT2D eigenvalue weighted by Gasteiger charge is -2.50. The molecule has 0 aliphatic carbocycles. The lowest BCUT2D eigenvalue weighted by atomic mass is 9.82. The monoisotopic (exact) mass is 704 g/mol. The Hall–Kier alpha value is -2.92. The molecule has 2 bridgehead atoms. The molecule has 244 valence electrons. The van der Waals surface area contributed by atoms with Crippen LogP contribution in [0.4, 0.5) is 9.18 Å². The van der Waals surface area contributed by atoms with Crippen LogP contribution in [0.25, 0.3) is 5.57 Å². The molecular formula is C31H33Cl4FN2O7. The molecule has 2 heterocycles. The number of rotatable bonds is 9. The number of hydrogen-bond acceptors (Lipinski definition) is 7. The zero-order valence-electron chi connectivity index (χ0n) is 25.1. The molecule has 0 N–H and O–H groups in total.